The van der Waals surface area contributed by atoms with Crippen molar-refractivity contribution in [2.75, 3.05) is 0 Å². The van der Waals surface area contributed by atoms with Gasteiger partial charge in [0, 0.05) is 35.2 Å². The molecule has 0 radical (unpaired) electrons. The smallest absolute Gasteiger partial charge is 0.209 e. The molecule has 0 atom stereocenters. The molecule has 6 nitrogen and oxygen atoms in total. The van der Waals surface area contributed by atoms with Crippen LogP contribution in [-0.2, 0) is 5.75 Å². The van der Waals surface area contributed by atoms with E-state index in [9.17, 15) is 0 Å². The summed E-state index contributed by atoms with van der Waals surface area (Å²) in [4.78, 5) is 8.42. The highest BCUT2D eigenvalue weighted by atomic mass is 35.5. The molecule has 0 aliphatic rings. The Labute approximate surface area is 121 Å². The Morgan fingerprint density at radius 2 is 2.37 bits per heavy atom. The van der Waals surface area contributed by atoms with Gasteiger partial charge >= 0.3 is 0 Å². The molecule has 19 heavy (non-hydrogen) atoms. The molecule has 0 spiro atoms. The molecular weight excluding hydrogens is 304 g/mol. The molecule has 0 saturated heterocycles. The molecule has 3 rings (SSSR count). The Morgan fingerprint density at radius 1 is 1.42 bits per heavy atom. The molecule has 3 aromatic rings. The van der Waals surface area contributed by atoms with Gasteiger partial charge in [0.1, 0.15) is 10.0 Å². The lowest BCUT2D eigenvalue weighted by Crippen LogP contribution is -1.84. The maximum Gasteiger partial charge on any atom is 0.209 e. The lowest BCUT2D eigenvalue weighted by molar-refractivity contribution is 0.970. The molecule has 0 aromatic carbocycles. The number of aromatic nitrogens is 6. The fourth-order valence-corrected chi connectivity index (χ4v) is 2.89. The summed E-state index contributed by atoms with van der Waals surface area (Å²) in [6, 6.07) is 3.77. The van der Waals surface area contributed by atoms with Gasteiger partial charge in [-0.25, -0.2) is 4.98 Å². The molecule has 0 unspecified atom stereocenters. The van der Waals surface area contributed by atoms with Crippen LogP contribution in [0.1, 0.15) is 5.69 Å². The van der Waals surface area contributed by atoms with Crippen molar-refractivity contribution in [3.63, 3.8) is 0 Å². The highest BCUT2D eigenvalue weighted by Gasteiger charge is 2.10. The van der Waals surface area contributed by atoms with E-state index in [1.165, 1.54) is 23.3 Å². The van der Waals surface area contributed by atoms with Crippen molar-refractivity contribution in [2.24, 2.45) is 0 Å². The molecule has 0 bridgehead atoms. The summed E-state index contributed by atoms with van der Waals surface area (Å²) in [6.07, 6.45) is 3.45. The SMILES string of the molecule is Clc1snnc1CSc1n[nH]c(-c2cccnc2)n1. The van der Waals surface area contributed by atoms with E-state index in [4.69, 9.17) is 11.6 Å². The van der Waals surface area contributed by atoms with Crippen molar-refractivity contribution in [1.82, 2.24) is 29.8 Å². The van der Waals surface area contributed by atoms with Crippen molar-refractivity contribution in [2.45, 2.75) is 10.9 Å². The van der Waals surface area contributed by atoms with Crippen LogP contribution in [0.25, 0.3) is 11.4 Å². The average molecular weight is 311 g/mol. The van der Waals surface area contributed by atoms with Crippen LogP contribution in [0.3, 0.4) is 0 Å². The minimum atomic E-state index is 0.597. The monoisotopic (exact) mass is 310 g/mol. The number of thioether (sulfide) groups is 1. The van der Waals surface area contributed by atoms with Crippen molar-refractivity contribution in [3.8, 4) is 11.4 Å². The number of aromatic amines is 1. The van der Waals surface area contributed by atoms with Crippen molar-refractivity contribution >= 4 is 34.9 Å². The third kappa shape index (κ3) is 2.91. The van der Waals surface area contributed by atoms with Crippen LogP contribution in [0.5, 0.6) is 0 Å². The van der Waals surface area contributed by atoms with Crippen LogP contribution in [0, 0.1) is 0 Å². The fourth-order valence-electron chi connectivity index (χ4n) is 1.36. The van der Waals surface area contributed by atoms with Gasteiger partial charge in [0.25, 0.3) is 0 Å². The van der Waals surface area contributed by atoms with E-state index < -0.39 is 0 Å². The predicted octanol–water partition coefficient (Wildman–Crippen LogP) is 2.66. The zero-order valence-electron chi connectivity index (χ0n) is 9.45. The molecule has 0 fully saturated rings. The Hall–Kier alpha value is -1.51. The Balaban J connectivity index is 1.70. The predicted molar refractivity (Wildman–Crippen MR) is 74.1 cm³/mol. The van der Waals surface area contributed by atoms with Crippen LogP contribution < -0.4 is 0 Å². The molecule has 96 valence electrons. The second-order valence-corrected chi connectivity index (χ2v) is 5.79. The van der Waals surface area contributed by atoms with Crippen LogP contribution in [0.2, 0.25) is 4.34 Å². The minimum absolute atomic E-state index is 0.597. The van der Waals surface area contributed by atoms with Gasteiger partial charge in [0.2, 0.25) is 5.16 Å². The van der Waals surface area contributed by atoms with Gasteiger partial charge in [-0.1, -0.05) is 27.9 Å². The van der Waals surface area contributed by atoms with E-state index in [0.29, 0.717) is 21.1 Å². The van der Waals surface area contributed by atoms with Gasteiger partial charge in [-0.2, -0.15) is 0 Å². The zero-order valence-corrected chi connectivity index (χ0v) is 11.8. The molecular formula is C10H7ClN6S2. The molecule has 3 aromatic heterocycles. The average Bonchev–Trinajstić information content (AvgIpc) is 3.06. The number of nitrogens with one attached hydrogen (secondary N) is 1. The number of halogens is 1. The minimum Gasteiger partial charge on any atom is -0.264 e. The topological polar surface area (TPSA) is 80.2 Å². The standard InChI is InChI=1S/C10H7ClN6S2/c11-8-7(14-17-19-8)5-18-10-13-9(15-16-10)6-2-1-3-12-4-6/h1-4H,5H2,(H,13,15,16). The summed E-state index contributed by atoms with van der Waals surface area (Å²) < 4.78 is 4.38. The molecule has 3 heterocycles. The maximum atomic E-state index is 5.93. The lowest BCUT2D eigenvalue weighted by Gasteiger charge is -1.93. The molecule has 0 amide bonds. The third-order valence-electron chi connectivity index (χ3n) is 2.25. The van der Waals surface area contributed by atoms with Crippen molar-refractivity contribution < 1.29 is 0 Å². The first-order valence-corrected chi connectivity index (χ1v) is 7.39. The van der Waals surface area contributed by atoms with E-state index >= 15 is 0 Å². The summed E-state index contributed by atoms with van der Waals surface area (Å²) in [5.41, 5.74) is 1.65. The second kappa shape index (κ2) is 5.64. The summed E-state index contributed by atoms with van der Waals surface area (Å²) in [5.74, 6) is 1.29. The molecule has 0 saturated carbocycles. The van der Waals surface area contributed by atoms with Crippen molar-refractivity contribution in [1.29, 1.82) is 0 Å². The summed E-state index contributed by atoms with van der Waals surface area (Å²) >= 11 is 8.56. The number of pyridine rings is 1. The van der Waals surface area contributed by atoms with E-state index in [-0.39, 0.29) is 0 Å². The number of nitrogens with zero attached hydrogens (tertiary/aromatic N) is 5. The van der Waals surface area contributed by atoms with Gasteiger partial charge in [0.05, 0.1) is 0 Å². The van der Waals surface area contributed by atoms with Crippen LogP contribution >= 0.6 is 34.9 Å². The highest BCUT2D eigenvalue weighted by Crippen LogP contribution is 2.26. The Kier molecular flexibility index (Phi) is 3.72. The first kappa shape index (κ1) is 12.5. The number of rotatable bonds is 4. The van der Waals surface area contributed by atoms with Crippen LogP contribution in [0.4, 0.5) is 0 Å². The second-order valence-electron chi connectivity index (χ2n) is 3.49. The fraction of sp³-hybridized carbons (Fsp3) is 0.100. The molecule has 1 N–H and O–H groups in total. The van der Waals surface area contributed by atoms with Crippen LogP contribution in [0.15, 0.2) is 29.7 Å². The zero-order chi connectivity index (χ0) is 13.1. The first-order chi connectivity index (χ1) is 9.33. The van der Waals surface area contributed by atoms with E-state index in [1.807, 2.05) is 12.1 Å². The summed E-state index contributed by atoms with van der Waals surface area (Å²) in [5, 5.41) is 11.6. The van der Waals surface area contributed by atoms with Crippen LogP contribution in [-0.4, -0.2) is 29.8 Å². The van der Waals surface area contributed by atoms with E-state index in [2.05, 4.69) is 29.8 Å². The normalized spacial score (nSPS) is 10.8. The Bertz CT molecular complexity index is 667. The summed E-state index contributed by atoms with van der Waals surface area (Å²) in [7, 11) is 0. The lowest BCUT2D eigenvalue weighted by atomic mass is 10.3. The van der Waals surface area contributed by atoms with Gasteiger partial charge in [0.15, 0.2) is 5.82 Å². The molecule has 0 aliphatic heterocycles. The van der Waals surface area contributed by atoms with E-state index in [0.717, 1.165) is 11.3 Å². The van der Waals surface area contributed by atoms with E-state index in [1.54, 1.807) is 12.4 Å². The quantitative estimate of drug-likeness (QED) is 0.746. The Morgan fingerprint density at radius 3 is 3.11 bits per heavy atom. The van der Waals surface area contributed by atoms with Gasteiger partial charge in [-0.05, 0) is 12.1 Å². The maximum absolute atomic E-state index is 5.93. The molecule has 9 heteroatoms. The largest absolute Gasteiger partial charge is 0.264 e. The number of H-pyrrole nitrogens is 1. The number of hydrogen-bond acceptors (Lipinski definition) is 7. The molecule has 0 aliphatic carbocycles. The first-order valence-electron chi connectivity index (χ1n) is 5.25. The van der Waals surface area contributed by atoms with Crippen molar-refractivity contribution in [3.05, 3.63) is 34.6 Å². The van der Waals surface area contributed by atoms with Gasteiger partial charge < -0.3 is 0 Å². The van der Waals surface area contributed by atoms with Gasteiger partial charge in [-0.15, -0.1) is 10.2 Å². The number of hydrogen-bond donors (Lipinski definition) is 1. The highest BCUT2D eigenvalue weighted by molar-refractivity contribution is 7.98. The van der Waals surface area contributed by atoms with Gasteiger partial charge in [-0.3, -0.25) is 10.1 Å². The summed E-state index contributed by atoms with van der Waals surface area (Å²) in [6.45, 7) is 0. The third-order valence-corrected chi connectivity index (χ3v) is 4.09.